The average molecular weight is 371 g/mol. The number of amides is 1. The molecule has 2 aromatic rings. The van der Waals surface area contributed by atoms with Gasteiger partial charge < -0.3 is 24.3 Å². The fourth-order valence-electron chi connectivity index (χ4n) is 2.62. The van der Waals surface area contributed by atoms with Gasteiger partial charge in [0.1, 0.15) is 24.5 Å². The standard InChI is InChI=1S/C20H21NO6/c1-12-4-6-16(24-3)15(10-12)20(23)27-13(2)19(22)21-14-5-7-17-18(11-14)26-9-8-25-17/h4-7,10-11,13H,8-9H2,1-3H3,(H,21,22)/t13-/m1/s1. The molecule has 142 valence electrons. The molecule has 7 heteroatoms. The van der Waals surface area contributed by atoms with Crippen molar-refractivity contribution in [1.82, 2.24) is 0 Å². The molecule has 0 saturated heterocycles. The highest BCUT2D eigenvalue weighted by Crippen LogP contribution is 2.32. The zero-order chi connectivity index (χ0) is 19.4. The second kappa shape index (κ2) is 7.99. The number of carbonyl (C=O) groups excluding carboxylic acids is 2. The number of methoxy groups -OCH3 is 1. The van der Waals surface area contributed by atoms with Crippen LogP contribution in [0.25, 0.3) is 0 Å². The second-order valence-corrected chi connectivity index (χ2v) is 6.10. The highest BCUT2D eigenvalue weighted by Gasteiger charge is 2.22. The Hall–Kier alpha value is -3.22. The van der Waals surface area contributed by atoms with Crippen LogP contribution in [0.15, 0.2) is 36.4 Å². The van der Waals surface area contributed by atoms with Gasteiger partial charge >= 0.3 is 5.97 Å². The minimum absolute atomic E-state index is 0.275. The second-order valence-electron chi connectivity index (χ2n) is 6.10. The van der Waals surface area contributed by atoms with E-state index in [4.69, 9.17) is 18.9 Å². The molecule has 0 radical (unpaired) electrons. The number of esters is 1. The summed E-state index contributed by atoms with van der Waals surface area (Å²) in [6, 6.07) is 10.3. The zero-order valence-electron chi connectivity index (χ0n) is 15.4. The lowest BCUT2D eigenvalue weighted by atomic mass is 10.1. The van der Waals surface area contributed by atoms with Crippen molar-refractivity contribution in [2.24, 2.45) is 0 Å². The Balaban J connectivity index is 1.65. The van der Waals surface area contributed by atoms with Crippen LogP contribution < -0.4 is 19.5 Å². The Labute approximate surface area is 157 Å². The summed E-state index contributed by atoms with van der Waals surface area (Å²) >= 11 is 0. The van der Waals surface area contributed by atoms with E-state index >= 15 is 0 Å². The van der Waals surface area contributed by atoms with Gasteiger partial charge in [-0.2, -0.15) is 0 Å². The Bertz CT molecular complexity index is 864. The van der Waals surface area contributed by atoms with Crippen LogP contribution in [0.1, 0.15) is 22.8 Å². The van der Waals surface area contributed by atoms with Gasteiger partial charge in [0.2, 0.25) is 0 Å². The van der Waals surface area contributed by atoms with E-state index in [-0.39, 0.29) is 5.56 Å². The summed E-state index contributed by atoms with van der Waals surface area (Å²) in [5.74, 6) is 0.510. The first-order valence-electron chi connectivity index (χ1n) is 8.54. The van der Waals surface area contributed by atoms with E-state index in [9.17, 15) is 9.59 Å². The number of rotatable bonds is 5. The zero-order valence-corrected chi connectivity index (χ0v) is 15.4. The van der Waals surface area contributed by atoms with Gasteiger partial charge in [0.15, 0.2) is 17.6 Å². The van der Waals surface area contributed by atoms with Gasteiger partial charge in [-0.05, 0) is 38.1 Å². The maximum absolute atomic E-state index is 12.4. The maximum atomic E-state index is 12.4. The summed E-state index contributed by atoms with van der Waals surface area (Å²) in [5.41, 5.74) is 1.69. The fraction of sp³-hybridized carbons (Fsp3) is 0.300. The van der Waals surface area contributed by atoms with E-state index in [0.29, 0.717) is 36.1 Å². The first-order valence-corrected chi connectivity index (χ1v) is 8.54. The normalized spacial score (nSPS) is 13.4. The molecule has 27 heavy (non-hydrogen) atoms. The van der Waals surface area contributed by atoms with Gasteiger partial charge in [-0.25, -0.2) is 4.79 Å². The molecule has 1 heterocycles. The van der Waals surface area contributed by atoms with Crippen molar-refractivity contribution in [3.05, 3.63) is 47.5 Å². The first kappa shape index (κ1) is 18.6. The smallest absolute Gasteiger partial charge is 0.342 e. The molecule has 0 spiro atoms. The van der Waals surface area contributed by atoms with Crippen LogP contribution in [-0.2, 0) is 9.53 Å². The molecular formula is C20H21NO6. The third-order valence-electron chi connectivity index (χ3n) is 4.04. The van der Waals surface area contributed by atoms with E-state index in [1.54, 1.807) is 30.3 Å². The number of nitrogens with one attached hydrogen (secondary N) is 1. The lowest BCUT2D eigenvalue weighted by Crippen LogP contribution is -2.30. The summed E-state index contributed by atoms with van der Waals surface area (Å²) in [5, 5.41) is 2.71. The van der Waals surface area contributed by atoms with Crippen molar-refractivity contribution >= 4 is 17.6 Å². The minimum atomic E-state index is -0.990. The molecule has 0 fully saturated rings. The molecule has 2 aromatic carbocycles. The number of ether oxygens (including phenoxy) is 4. The molecule has 1 N–H and O–H groups in total. The molecule has 1 amide bonds. The Morgan fingerprint density at radius 3 is 2.56 bits per heavy atom. The van der Waals surface area contributed by atoms with Gasteiger partial charge in [0, 0.05) is 11.8 Å². The highest BCUT2D eigenvalue weighted by molar-refractivity contribution is 5.98. The third kappa shape index (κ3) is 4.31. The third-order valence-corrected chi connectivity index (χ3v) is 4.04. The maximum Gasteiger partial charge on any atom is 0.342 e. The van der Waals surface area contributed by atoms with E-state index in [2.05, 4.69) is 5.32 Å². The predicted molar refractivity (Wildman–Crippen MR) is 98.7 cm³/mol. The summed E-state index contributed by atoms with van der Waals surface area (Å²) in [4.78, 5) is 24.8. The number of aryl methyl sites for hydroxylation is 1. The molecule has 0 aliphatic carbocycles. The van der Waals surface area contributed by atoms with Crippen LogP contribution in [0.2, 0.25) is 0 Å². The van der Waals surface area contributed by atoms with Crippen LogP contribution in [0.5, 0.6) is 17.2 Å². The summed E-state index contributed by atoms with van der Waals surface area (Å²) in [6.45, 7) is 4.31. The topological polar surface area (TPSA) is 83.1 Å². The molecule has 3 rings (SSSR count). The van der Waals surface area contributed by atoms with E-state index in [1.165, 1.54) is 14.0 Å². The summed E-state index contributed by atoms with van der Waals surface area (Å²) < 4.78 is 21.4. The summed E-state index contributed by atoms with van der Waals surface area (Å²) in [7, 11) is 1.47. The molecule has 1 aliphatic heterocycles. The number of anilines is 1. The SMILES string of the molecule is COc1ccc(C)cc1C(=O)O[C@H](C)C(=O)Nc1ccc2c(c1)OCCO2. The van der Waals surface area contributed by atoms with Gasteiger partial charge in [-0.15, -0.1) is 0 Å². The van der Waals surface area contributed by atoms with Gasteiger partial charge in [0.05, 0.1) is 7.11 Å². The van der Waals surface area contributed by atoms with Crippen molar-refractivity contribution in [2.75, 3.05) is 25.6 Å². The summed E-state index contributed by atoms with van der Waals surface area (Å²) in [6.07, 6.45) is -0.990. The first-order chi connectivity index (χ1) is 13.0. The number of fused-ring (bicyclic) bond motifs is 1. The van der Waals surface area contributed by atoms with Gasteiger partial charge in [-0.3, -0.25) is 4.79 Å². The molecule has 0 unspecified atom stereocenters. The molecule has 0 bridgehead atoms. The highest BCUT2D eigenvalue weighted by atomic mass is 16.6. The van der Waals surface area contributed by atoms with E-state index < -0.39 is 18.0 Å². The molecule has 0 saturated carbocycles. The number of carbonyl (C=O) groups is 2. The van der Waals surface area contributed by atoms with Crippen molar-refractivity contribution in [3.63, 3.8) is 0 Å². The lowest BCUT2D eigenvalue weighted by Gasteiger charge is -2.19. The van der Waals surface area contributed by atoms with Crippen molar-refractivity contribution < 1.29 is 28.5 Å². The fourth-order valence-corrected chi connectivity index (χ4v) is 2.62. The Kier molecular flexibility index (Phi) is 5.49. The predicted octanol–water partition coefficient (Wildman–Crippen LogP) is 2.96. The molecule has 0 aromatic heterocycles. The van der Waals surface area contributed by atoms with Crippen LogP contribution in [0.3, 0.4) is 0 Å². The van der Waals surface area contributed by atoms with Crippen LogP contribution in [0.4, 0.5) is 5.69 Å². The van der Waals surface area contributed by atoms with Crippen LogP contribution in [0, 0.1) is 6.92 Å². The molecule has 1 aliphatic rings. The molecule has 1 atom stereocenters. The van der Waals surface area contributed by atoms with Crippen molar-refractivity contribution in [1.29, 1.82) is 0 Å². The van der Waals surface area contributed by atoms with E-state index in [1.807, 2.05) is 13.0 Å². The largest absolute Gasteiger partial charge is 0.496 e. The van der Waals surface area contributed by atoms with E-state index in [0.717, 1.165) is 5.56 Å². The monoisotopic (exact) mass is 371 g/mol. The van der Waals surface area contributed by atoms with Gasteiger partial charge in [0.25, 0.3) is 5.91 Å². The molecular weight excluding hydrogens is 350 g/mol. The quantitative estimate of drug-likeness (QED) is 0.814. The molecule has 7 nitrogen and oxygen atoms in total. The van der Waals surface area contributed by atoms with Crippen molar-refractivity contribution in [2.45, 2.75) is 20.0 Å². The minimum Gasteiger partial charge on any atom is -0.496 e. The Morgan fingerprint density at radius 2 is 1.81 bits per heavy atom. The van der Waals surface area contributed by atoms with Crippen LogP contribution in [-0.4, -0.2) is 38.3 Å². The number of benzene rings is 2. The van der Waals surface area contributed by atoms with Gasteiger partial charge in [-0.1, -0.05) is 11.6 Å². The lowest BCUT2D eigenvalue weighted by molar-refractivity contribution is -0.123. The Morgan fingerprint density at radius 1 is 1.07 bits per heavy atom. The van der Waals surface area contributed by atoms with Crippen LogP contribution >= 0.6 is 0 Å². The number of hydrogen-bond donors (Lipinski definition) is 1. The average Bonchev–Trinajstić information content (AvgIpc) is 2.67. The van der Waals surface area contributed by atoms with Crippen molar-refractivity contribution in [3.8, 4) is 17.2 Å². The number of hydrogen-bond acceptors (Lipinski definition) is 6.